The molecule has 0 aromatic carbocycles. The fourth-order valence-corrected chi connectivity index (χ4v) is 5.76. The number of carbonyl (C=O) groups excluding carboxylic acids is 2. The van der Waals surface area contributed by atoms with Gasteiger partial charge in [-0.2, -0.15) is 0 Å². The lowest BCUT2D eigenvalue weighted by Gasteiger charge is -2.47. The average Bonchev–Trinajstić information content (AvgIpc) is 3.53. The number of ether oxygens (including phenoxy) is 1. The predicted molar refractivity (Wildman–Crippen MR) is 137 cm³/mol. The van der Waals surface area contributed by atoms with Gasteiger partial charge < -0.3 is 19.9 Å². The zero-order chi connectivity index (χ0) is 25.2. The minimum absolute atomic E-state index is 0.110. The van der Waals surface area contributed by atoms with Crippen LogP contribution in [0.5, 0.6) is 0 Å². The van der Waals surface area contributed by atoms with Gasteiger partial charge in [-0.25, -0.2) is 19.7 Å². The van der Waals surface area contributed by atoms with Crippen LogP contribution < -0.4 is 10.2 Å². The highest BCUT2D eigenvalue weighted by Crippen LogP contribution is 2.30. The highest BCUT2D eigenvalue weighted by Gasteiger charge is 2.39. The number of piperazine rings is 1. The molecule has 2 aromatic rings. The van der Waals surface area contributed by atoms with Gasteiger partial charge in [0, 0.05) is 31.6 Å². The topological polar surface area (TPSA) is 101 Å². The van der Waals surface area contributed by atoms with E-state index < -0.39 is 11.5 Å². The number of nitrogens with zero attached hydrogens (tertiary/aromatic N) is 5. The van der Waals surface area contributed by atoms with Crippen LogP contribution >= 0.6 is 11.3 Å². The molecule has 4 rings (SSSR count). The third-order valence-electron chi connectivity index (χ3n) is 6.90. The molecule has 35 heavy (non-hydrogen) atoms. The zero-order valence-corrected chi connectivity index (χ0v) is 22.2. The first-order valence-corrected chi connectivity index (χ1v) is 13.3. The highest BCUT2D eigenvalue weighted by atomic mass is 32.1. The molecule has 2 fully saturated rings. The van der Waals surface area contributed by atoms with Gasteiger partial charge in [0.15, 0.2) is 10.8 Å². The second-order valence-corrected chi connectivity index (χ2v) is 11.2. The summed E-state index contributed by atoms with van der Waals surface area (Å²) in [6.45, 7) is 10.9. The Morgan fingerprint density at radius 2 is 1.94 bits per heavy atom. The van der Waals surface area contributed by atoms with E-state index >= 15 is 0 Å². The smallest absolute Gasteiger partial charge is 0.357 e. The van der Waals surface area contributed by atoms with Crippen LogP contribution in [0.2, 0.25) is 0 Å². The molecule has 2 aromatic heterocycles. The molecule has 1 amide bonds. The minimum atomic E-state index is -0.453. The molecule has 0 spiro atoms. The maximum absolute atomic E-state index is 13.6. The average molecular weight is 501 g/mol. The zero-order valence-electron chi connectivity index (χ0n) is 21.3. The first-order valence-electron chi connectivity index (χ1n) is 12.4. The lowest BCUT2D eigenvalue weighted by Crippen LogP contribution is -2.61. The molecule has 1 saturated heterocycles. The van der Waals surface area contributed by atoms with Crippen molar-refractivity contribution in [3.63, 3.8) is 0 Å². The van der Waals surface area contributed by atoms with Crippen molar-refractivity contribution in [1.82, 2.24) is 19.9 Å². The van der Waals surface area contributed by atoms with E-state index in [1.165, 1.54) is 44.1 Å². The van der Waals surface area contributed by atoms with Crippen LogP contribution in [0.3, 0.4) is 0 Å². The molecular weight excluding hydrogens is 464 g/mol. The predicted octanol–water partition coefficient (Wildman–Crippen LogP) is 4.19. The summed E-state index contributed by atoms with van der Waals surface area (Å²) in [7, 11) is 1.35. The highest BCUT2D eigenvalue weighted by molar-refractivity contribution is 7.13. The monoisotopic (exact) mass is 500 g/mol. The molecule has 0 radical (unpaired) electrons. The Bertz CT molecular complexity index is 1060. The normalized spacial score (nSPS) is 18.2. The first kappa shape index (κ1) is 25.3. The molecular formula is C25H36N6O3S. The van der Waals surface area contributed by atoms with Gasteiger partial charge in [-0.15, -0.1) is 11.3 Å². The van der Waals surface area contributed by atoms with Crippen LogP contribution in [0.15, 0.2) is 11.6 Å². The molecule has 3 heterocycles. The van der Waals surface area contributed by atoms with E-state index in [9.17, 15) is 9.59 Å². The molecule has 2 aliphatic rings. The molecule has 1 aliphatic carbocycles. The number of hydrogen-bond donors (Lipinski definition) is 1. The maximum Gasteiger partial charge on any atom is 0.357 e. The molecule has 10 heteroatoms. The number of amides is 1. The lowest BCUT2D eigenvalue weighted by atomic mass is 9.98. The quantitative estimate of drug-likeness (QED) is 0.565. The Balaban J connectivity index is 1.47. The minimum Gasteiger partial charge on any atom is -0.464 e. The second kappa shape index (κ2) is 10.5. The number of thiazole rings is 1. The number of rotatable bonds is 7. The lowest BCUT2D eigenvalue weighted by molar-refractivity contribution is 0.0507. The molecule has 9 nitrogen and oxygen atoms in total. The van der Waals surface area contributed by atoms with Gasteiger partial charge in [-0.05, 0) is 38.5 Å². The number of esters is 1. The Labute approximate surface area is 211 Å². The number of nitrogens with one attached hydrogen (secondary N) is 1. The molecule has 1 N–H and O–H groups in total. The van der Waals surface area contributed by atoms with E-state index in [4.69, 9.17) is 9.72 Å². The van der Waals surface area contributed by atoms with E-state index in [1.807, 2.05) is 18.7 Å². The van der Waals surface area contributed by atoms with E-state index in [1.54, 1.807) is 11.6 Å². The van der Waals surface area contributed by atoms with Crippen LogP contribution in [0.25, 0.3) is 0 Å². The Morgan fingerprint density at radius 3 is 2.60 bits per heavy atom. The van der Waals surface area contributed by atoms with Crippen molar-refractivity contribution < 1.29 is 14.3 Å². The fourth-order valence-electron chi connectivity index (χ4n) is 4.94. The molecule has 0 atom stereocenters. The number of anilines is 2. The molecule has 1 aliphatic heterocycles. The van der Waals surface area contributed by atoms with Gasteiger partial charge in [0.1, 0.15) is 11.5 Å². The van der Waals surface area contributed by atoms with Crippen molar-refractivity contribution in [2.24, 2.45) is 5.92 Å². The van der Waals surface area contributed by atoms with Crippen LogP contribution in [0.4, 0.5) is 10.9 Å². The van der Waals surface area contributed by atoms with Crippen molar-refractivity contribution in [2.75, 3.05) is 43.5 Å². The second-order valence-electron chi connectivity index (χ2n) is 10.4. The van der Waals surface area contributed by atoms with Crippen molar-refractivity contribution in [3.05, 3.63) is 28.7 Å². The summed E-state index contributed by atoms with van der Waals surface area (Å²) < 4.78 is 4.77. The van der Waals surface area contributed by atoms with Gasteiger partial charge in [0.05, 0.1) is 24.5 Å². The number of hydrogen-bond acceptors (Lipinski definition) is 9. The van der Waals surface area contributed by atoms with Gasteiger partial charge in [0.25, 0.3) is 5.91 Å². The van der Waals surface area contributed by atoms with Crippen LogP contribution in [-0.2, 0) is 4.74 Å². The SMILES string of the molecule is COC(=O)c1csc(N2CCN(C(=O)c3cnc(NCC4CCCC4)c(C(C)C)n3)C(C)(C)C2)n1. The largest absolute Gasteiger partial charge is 0.464 e. The van der Waals surface area contributed by atoms with Crippen molar-refractivity contribution >= 4 is 34.2 Å². The van der Waals surface area contributed by atoms with Crippen LogP contribution in [0, 0.1) is 5.92 Å². The summed E-state index contributed by atoms with van der Waals surface area (Å²) >= 11 is 1.41. The third kappa shape index (κ3) is 5.58. The van der Waals surface area contributed by atoms with Crippen molar-refractivity contribution in [1.29, 1.82) is 0 Å². The number of carbonyl (C=O) groups is 2. The Kier molecular flexibility index (Phi) is 7.59. The molecule has 0 unspecified atom stereocenters. The van der Waals surface area contributed by atoms with E-state index in [0.717, 1.165) is 23.2 Å². The summed E-state index contributed by atoms with van der Waals surface area (Å²) in [6, 6.07) is 0. The summed E-state index contributed by atoms with van der Waals surface area (Å²) in [5.74, 6) is 1.08. The maximum atomic E-state index is 13.6. The Morgan fingerprint density at radius 1 is 1.20 bits per heavy atom. The Hall–Kier alpha value is -2.75. The van der Waals surface area contributed by atoms with Gasteiger partial charge in [-0.1, -0.05) is 26.7 Å². The van der Waals surface area contributed by atoms with Gasteiger partial charge >= 0.3 is 5.97 Å². The molecule has 0 bridgehead atoms. The fraction of sp³-hybridized carbons (Fsp3) is 0.640. The van der Waals surface area contributed by atoms with Gasteiger partial charge in [0.2, 0.25) is 0 Å². The van der Waals surface area contributed by atoms with E-state index in [2.05, 4.69) is 34.0 Å². The van der Waals surface area contributed by atoms with Crippen molar-refractivity contribution in [3.8, 4) is 0 Å². The van der Waals surface area contributed by atoms with E-state index in [0.29, 0.717) is 36.9 Å². The summed E-state index contributed by atoms with van der Waals surface area (Å²) in [6.07, 6.45) is 6.75. The summed E-state index contributed by atoms with van der Waals surface area (Å²) in [5.41, 5.74) is 1.07. The number of methoxy groups -OCH3 is 1. The van der Waals surface area contributed by atoms with Crippen LogP contribution in [0.1, 0.15) is 86.0 Å². The third-order valence-corrected chi connectivity index (χ3v) is 7.80. The summed E-state index contributed by atoms with van der Waals surface area (Å²) in [4.78, 5) is 43.1. The van der Waals surface area contributed by atoms with Crippen molar-refractivity contribution in [2.45, 2.75) is 64.8 Å². The molecule has 190 valence electrons. The number of aromatic nitrogens is 3. The first-order chi connectivity index (χ1) is 16.7. The van der Waals surface area contributed by atoms with Crippen LogP contribution in [-0.4, -0.2) is 70.6 Å². The van der Waals surface area contributed by atoms with Gasteiger partial charge in [-0.3, -0.25) is 4.79 Å². The standard InChI is InChI=1S/C25H36N6O3S/c1-16(2)20-21(26-12-17-8-6-7-9-17)27-13-18(28-20)22(32)31-11-10-30(15-25(31,3)4)24-29-19(14-35-24)23(33)34-5/h13-14,16-17H,6-12,15H2,1-5H3,(H,26,27). The summed E-state index contributed by atoms with van der Waals surface area (Å²) in [5, 5.41) is 5.95. The van der Waals surface area contributed by atoms with E-state index in [-0.39, 0.29) is 11.8 Å². The molecule has 1 saturated carbocycles.